The summed E-state index contributed by atoms with van der Waals surface area (Å²) in [5, 5.41) is 8.86. The Morgan fingerprint density at radius 1 is 1.41 bits per heavy atom. The first kappa shape index (κ1) is 22.1. The lowest BCUT2D eigenvalue weighted by molar-refractivity contribution is -0.123. The molecule has 0 saturated heterocycles. The second kappa shape index (κ2) is 11.6. The highest BCUT2D eigenvalue weighted by molar-refractivity contribution is 5.92. The summed E-state index contributed by atoms with van der Waals surface area (Å²) < 4.78 is 0. The van der Waals surface area contributed by atoms with E-state index in [-0.39, 0.29) is 12.5 Å². The van der Waals surface area contributed by atoms with E-state index in [1.54, 1.807) is 26.2 Å². The van der Waals surface area contributed by atoms with Gasteiger partial charge in [0.05, 0.1) is 6.61 Å². The molecule has 2 heterocycles. The Balaban J connectivity index is 0.00000176. The van der Waals surface area contributed by atoms with Crippen molar-refractivity contribution >= 4 is 24.0 Å². The zero-order valence-corrected chi connectivity index (χ0v) is 16.4. The summed E-state index contributed by atoms with van der Waals surface area (Å²) in [5.41, 5.74) is 4.30. The number of aromatic nitrogens is 1. The van der Waals surface area contributed by atoms with Crippen molar-refractivity contribution in [3.05, 3.63) is 72.0 Å². The van der Waals surface area contributed by atoms with Crippen LogP contribution in [0.2, 0.25) is 0 Å². The van der Waals surface area contributed by atoms with Crippen LogP contribution in [-0.2, 0) is 11.2 Å². The number of hydrogen-bond acceptors (Lipinski definition) is 3. The van der Waals surface area contributed by atoms with Crippen LogP contribution in [0.25, 0.3) is 6.08 Å². The molecule has 5 heteroatoms. The van der Waals surface area contributed by atoms with Crippen LogP contribution in [0.1, 0.15) is 24.5 Å². The highest BCUT2D eigenvalue weighted by Crippen LogP contribution is 2.28. The molecule has 0 saturated carbocycles. The summed E-state index contributed by atoms with van der Waals surface area (Å²) >= 11 is 0. The fraction of sp³-hybridized carbons (Fsp3) is 0.273. The molecule has 1 amide bonds. The quantitative estimate of drug-likeness (QED) is 0.453. The van der Waals surface area contributed by atoms with Crippen molar-refractivity contribution in [2.24, 2.45) is 4.99 Å². The third-order valence-electron chi connectivity index (χ3n) is 3.99. The molecule has 0 radical (unpaired) electrons. The minimum absolute atomic E-state index is 0.0343. The topological polar surface area (TPSA) is 68.7 Å². The van der Waals surface area contributed by atoms with Crippen LogP contribution in [0.5, 0.6) is 0 Å². The predicted molar refractivity (Wildman–Crippen MR) is 114 cm³/mol. The van der Waals surface area contributed by atoms with E-state index < -0.39 is 0 Å². The SMILES string of the molecule is C=C.CC/C(=C\C=C/CO)C1=CCc2c(/C=C/C(=O)N(C)C)c[nH]c2N=C1. The Morgan fingerprint density at radius 3 is 2.78 bits per heavy atom. The van der Waals surface area contributed by atoms with Gasteiger partial charge in [-0.15, -0.1) is 13.2 Å². The fourth-order valence-electron chi connectivity index (χ4n) is 2.52. The number of amides is 1. The molecule has 0 spiro atoms. The second-order valence-corrected chi connectivity index (χ2v) is 5.92. The Hall–Kier alpha value is -2.92. The van der Waals surface area contributed by atoms with Gasteiger partial charge in [-0.3, -0.25) is 4.79 Å². The van der Waals surface area contributed by atoms with Crippen molar-refractivity contribution in [3.8, 4) is 0 Å². The number of aromatic amines is 1. The summed E-state index contributed by atoms with van der Waals surface area (Å²) in [7, 11) is 3.46. The molecule has 0 fully saturated rings. The largest absolute Gasteiger partial charge is 0.392 e. The zero-order valence-electron chi connectivity index (χ0n) is 16.4. The minimum Gasteiger partial charge on any atom is -0.392 e. The van der Waals surface area contributed by atoms with Crippen LogP contribution in [0, 0.1) is 0 Å². The van der Waals surface area contributed by atoms with E-state index in [0.29, 0.717) is 0 Å². The number of likely N-dealkylation sites (N-methyl/N-ethyl adjacent to an activating group) is 1. The van der Waals surface area contributed by atoms with Crippen LogP contribution in [-0.4, -0.2) is 47.8 Å². The van der Waals surface area contributed by atoms with Gasteiger partial charge in [0.15, 0.2) is 0 Å². The van der Waals surface area contributed by atoms with E-state index >= 15 is 0 Å². The molecule has 2 N–H and O–H groups in total. The average molecular weight is 367 g/mol. The predicted octanol–water partition coefficient (Wildman–Crippen LogP) is 3.99. The van der Waals surface area contributed by atoms with E-state index in [9.17, 15) is 4.79 Å². The maximum atomic E-state index is 11.7. The van der Waals surface area contributed by atoms with Crippen LogP contribution in [0.4, 0.5) is 5.82 Å². The molecule has 5 nitrogen and oxygen atoms in total. The molecule has 0 bridgehead atoms. The van der Waals surface area contributed by atoms with Gasteiger partial charge in [0.2, 0.25) is 5.91 Å². The molecule has 1 aliphatic rings. The van der Waals surface area contributed by atoms with Crippen molar-refractivity contribution in [1.29, 1.82) is 0 Å². The Kier molecular flexibility index (Phi) is 9.54. The maximum Gasteiger partial charge on any atom is 0.246 e. The molecule has 144 valence electrons. The van der Waals surface area contributed by atoms with E-state index in [2.05, 4.69) is 36.1 Å². The monoisotopic (exact) mass is 367 g/mol. The number of aliphatic hydroxyl groups excluding tert-OH is 1. The lowest BCUT2D eigenvalue weighted by Gasteiger charge is -2.05. The van der Waals surface area contributed by atoms with E-state index in [4.69, 9.17) is 5.11 Å². The molecule has 1 aromatic rings. The average Bonchev–Trinajstić information content (AvgIpc) is 2.95. The molecule has 0 aromatic carbocycles. The molecule has 2 rings (SSSR count). The highest BCUT2D eigenvalue weighted by Gasteiger charge is 2.12. The van der Waals surface area contributed by atoms with Crippen LogP contribution >= 0.6 is 0 Å². The van der Waals surface area contributed by atoms with Gasteiger partial charge in [-0.2, -0.15) is 0 Å². The first-order valence-electron chi connectivity index (χ1n) is 8.87. The van der Waals surface area contributed by atoms with Crippen molar-refractivity contribution in [2.75, 3.05) is 20.7 Å². The summed E-state index contributed by atoms with van der Waals surface area (Å²) in [6.45, 7) is 8.13. The van der Waals surface area contributed by atoms with E-state index in [1.165, 1.54) is 10.5 Å². The van der Waals surface area contributed by atoms with Gasteiger partial charge in [-0.05, 0) is 35.6 Å². The Bertz CT molecular complexity index is 777. The number of fused-ring (bicyclic) bond motifs is 1. The van der Waals surface area contributed by atoms with E-state index in [0.717, 1.165) is 35.4 Å². The van der Waals surface area contributed by atoms with Gasteiger partial charge < -0.3 is 15.0 Å². The molecule has 0 atom stereocenters. The van der Waals surface area contributed by atoms with E-state index in [1.807, 2.05) is 30.6 Å². The molecule has 27 heavy (non-hydrogen) atoms. The number of nitrogens with one attached hydrogen (secondary N) is 1. The van der Waals surface area contributed by atoms with Crippen molar-refractivity contribution < 1.29 is 9.90 Å². The number of aliphatic hydroxyl groups is 1. The summed E-state index contributed by atoms with van der Waals surface area (Å²) in [6.07, 6.45) is 16.5. The van der Waals surface area contributed by atoms with Crippen molar-refractivity contribution in [1.82, 2.24) is 9.88 Å². The molecule has 1 aromatic heterocycles. The van der Waals surface area contributed by atoms with Gasteiger partial charge in [0.1, 0.15) is 5.82 Å². The number of aliphatic imine (C=N–C) groups is 1. The summed E-state index contributed by atoms with van der Waals surface area (Å²) in [4.78, 5) is 21.0. The van der Waals surface area contributed by atoms with Crippen LogP contribution < -0.4 is 0 Å². The third-order valence-corrected chi connectivity index (χ3v) is 3.99. The number of carbonyl (C=O) groups is 1. The number of hydrogen-bond donors (Lipinski definition) is 2. The first-order chi connectivity index (χ1) is 13.1. The normalized spacial score (nSPS) is 13.8. The lowest BCUT2D eigenvalue weighted by atomic mass is 10.0. The minimum atomic E-state index is -0.0461. The summed E-state index contributed by atoms with van der Waals surface area (Å²) in [6, 6.07) is 0. The molecular weight excluding hydrogens is 338 g/mol. The third kappa shape index (κ3) is 6.38. The van der Waals surface area contributed by atoms with Gasteiger partial charge >= 0.3 is 0 Å². The number of H-pyrrole nitrogens is 1. The highest BCUT2D eigenvalue weighted by atomic mass is 16.2. The standard InChI is InChI=1S/C20H25N3O2.C2H4/c1-4-15(7-5-6-12-24)16-8-10-18-17(9-11-19(25)23(2)3)14-22-20(18)21-13-16;1-2/h5-9,11,13-14,22,24H,4,10,12H2,1-3H3;1-2H2/b6-5-,11-9+,15-7+;. The van der Waals surface area contributed by atoms with Crippen LogP contribution in [0.3, 0.4) is 0 Å². The van der Waals surface area contributed by atoms with Gasteiger partial charge in [0.25, 0.3) is 0 Å². The number of rotatable bonds is 6. The molecule has 0 unspecified atom stereocenters. The van der Waals surface area contributed by atoms with Crippen LogP contribution in [0.15, 0.2) is 65.9 Å². The number of carbonyl (C=O) groups excluding carboxylic acids is 1. The van der Waals surface area contributed by atoms with Gasteiger partial charge in [0, 0.05) is 38.1 Å². The Morgan fingerprint density at radius 2 is 2.15 bits per heavy atom. The number of nitrogens with zero attached hydrogens (tertiary/aromatic N) is 2. The zero-order chi connectivity index (χ0) is 20.2. The van der Waals surface area contributed by atoms with Crippen molar-refractivity contribution in [3.63, 3.8) is 0 Å². The van der Waals surface area contributed by atoms with Gasteiger partial charge in [-0.25, -0.2) is 4.99 Å². The Labute approximate surface area is 161 Å². The molecular formula is C22H29N3O2. The van der Waals surface area contributed by atoms with Gasteiger partial charge in [-0.1, -0.05) is 31.2 Å². The second-order valence-electron chi connectivity index (χ2n) is 5.92. The molecule has 0 aliphatic carbocycles. The maximum absolute atomic E-state index is 11.7. The summed E-state index contributed by atoms with van der Waals surface area (Å²) in [5.74, 6) is 0.778. The molecule has 1 aliphatic heterocycles. The first-order valence-corrected chi connectivity index (χ1v) is 8.87. The number of allylic oxidation sites excluding steroid dienone is 5. The fourth-order valence-corrected chi connectivity index (χ4v) is 2.52. The lowest BCUT2D eigenvalue weighted by Crippen LogP contribution is -2.18. The smallest absolute Gasteiger partial charge is 0.246 e. The van der Waals surface area contributed by atoms with Crippen molar-refractivity contribution in [2.45, 2.75) is 19.8 Å².